The number of aliphatic hydroxyl groups is 2. The number of aliphatic hydroxyl groups excluding tert-OH is 2. The summed E-state index contributed by atoms with van der Waals surface area (Å²) < 4.78 is 20.1. The molecule has 0 saturated heterocycles. The van der Waals surface area contributed by atoms with Gasteiger partial charge in [0.2, 0.25) is 11.3 Å². The van der Waals surface area contributed by atoms with Crippen molar-refractivity contribution in [3.63, 3.8) is 0 Å². The van der Waals surface area contributed by atoms with Crippen LogP contribution in [0.2, 0.25) is 0 Å². The van der Waals surface area contributed by atoms with Gasteiger partial charge in [-0.2, -0.15) is 0 Å². The van der Waals surface area contributed by atoms with E-state index in [0.29, 0.717) is 34.6 Å². The van der Waals surface area contributed by atoms with E-state index < -0.39 is 23.3 Å². The van der Waals surface area contributed by atoms with Crippen LogP contribution in [0.15, 0.2) is 70.2 Å². The number of hydrogen-bond donors (Lipinski definition) is 3. The van der Waals surface area contributed by atoms with E-state index >= 15 is 0 Å². The molecule has 0 radical (unpaired) electrons. The van der Waals surface area contributed by atoms with Crippen molar-refractivity contribution in [3.05, 3.63) is 99.5 Å². The summed E-state index contributed by atoms with van der Waals surface area (Å²) in [5.74, 6) is -0.868. The van der Waals surface area contributed by atoms with Crippen molar-refractivity contribution >= 4 is 28.4 Å². The van der Waals surface area contributed by atoms with Gasteiger partial charge in [0.15, 0.2) is 0 Å². The highest BCUT2D eigenvalue weighted by molar-refractivity contribution is 6.07. The van der Waals surface area contributed by atoms with E-state index in [1.807, 2.05) is 4.90 Å². The summed E-state index contributed by atoms with van der Waals surface area (Å²) in [5.41, 5.74) is 1.69. The second kappa shape index (κ2) is 11.4. The Morgan fingerprint density at radius 3 is 2.65 bits per heavy atom. The average molecular weight is 549 g/mol. The maximum atomic E-state index is 13.6. The van der Waals surface area contributed by atoms with E-state index in [-0.39, 0.29) is 49.6 Å². The summed E-state index contributed by atoms with van der Waals surface area (Å²) in [6, 6.07) is 12.5. The highest BCUT2D eigenvalue weighted by Gasteiger charge is 2.29. The Labute approximate surface area is 228 Å². The maximum absolute atomic E-state index is 13.6. The molecule has 2 amide bonds. The molecule has 3 heterocycles. The Hall–Kier alpha value is -4.32. The van der Waals surface area contributed by atoms with Crippen LogP contribution in [0.5, 0.6) is 0 Å². The van der Waals surface area contributed by atoms with Gasteiger partial charge in [0, 0.05) is 37.8 Å². The number of nitrogens with one attached hydrogen (secondary N) is 1. The zero-order valence-corrected chi connectivity index (χ0v) is 21.8. The normalized spacial score (nSPS) is 13.7. The summed E-state index contributed by atoms with van der Waals surface area (Å²) in [6.45, 7) is 0.350. The molecular weight excluding hydrogens is 519 g/mol. The van der Waals surface area contributed by atoms with Crippen LogP contribution >= 0.6 is 0 Å². The minimum absolute atomic E-state index is 0.0541. The fourth-order valence-electron chi connectivity index (χ4n) is 4.99. The number of β-amino-alcohol motifs (C(OH)–C–C–N with tert-alkyl or cyclic N) is 1. The highest BCUT2D eigenvalue weighted by Crippen LogP contribution is 2.32. The molecule has 11 heteroatoms. The molecule has 0 bridgehead atoms. The van der Waals surface area contributed by atoms with Crippen LogP contribution in [0.4, 0.5) is 10.1 Å². The Morgan fingerprint density at radius 1 is 1.18 bits per heavy atom. The molecule has 1 aliphatic rings. The van der Waals surface area contributed by atoms with Gasteiger partial charge in [-0.05, 0) is 54.6 Å². The number of furan rings is 1. The number of carbonyl (C=O) groups is 2. The van der Waals surface area contributed by atoms with Crippen molar-refractivity contribution in [2.45, 2.75) is 25.7 Å². The molecular formula is C29H29FN4O6. The first-order valence-corrected chi connectivity index (χ1v) is 12.8. The topological polar surface area (TPSA) is 128 Å². The van der Waals surface area contributed by atoms with Crippen molar-refractivity contribution in [2.24, 2.45) is 0 Å². The number of nitrogens with zero attached hydrogens (tertiary/aromatic N) is 3. The molecule has 40 heavy (non-hydrogen) atoms. The number of aromatic nitrogens is 1. The standard InChI is InChI=1S/C29H29FN4O6/c1-32(16-24(36)25-3-2-10-40-25)14-19-11-21-27-23(12-19)34(8-9-35)26(37)17-33(27)15-22(28(21)38)29(39)31-13-18-4-6-20(30)7-5-18/h2-7,10-12,15,24,35-36H,8-9,13-14,16-17H2,1H3,(H,31,39)/t24-/m1/s1. The molecule has 2 aromatic carbocycles. The first-order chi connectivity index (χ1) is 19.2. The molecule has 0 spiro atoms. The van der Waals surface area contributed by atoms with E-state index in [4.69, 9.17) is 4.42 Å². The molecule has 10 nitrogen and oxygen atoms in total. The number of amides is 2. The number of carbonyl (C=O) groups excluding carboxylic acids is 2. The second-order valence-corrected chi connectivity index (χ2v) is 9.82. The zero-order valence-electron chi connectivity index (χ0n) is 21.8. The van der Waals surface area contributed by atoms with Crippen LogP contribution in [-0.4, -0.2) is 58.2 Å². The molecule has 0 unspecified atom stereocenters. The molecule has 2 aromatic heterocycles. The van der Waals surface area contributed by atoms with Crippen molar-refractivity contribution in [1.82, 2.24) is 14.8 Å². The van der Waals surface area contributed by atoms with Gasteiger partial charge in [0.1, 0.15) is 29.8 Å². The number of rotatable bonds is 10. The van der Waals surface area contributed by atoms with E-state index in [1.165, 1.54) is 29.5 Å². The predicted molar refractivity (Wildman–Crippen MR) is 145 cm³/mol. The first kappa shape index (κ1) is 27.3. The number of likely N-dealkylation sites (N-methyl/N-ethyl adjacent to an activating group) is 1. The largest absolute Gasteiger partial charge is 0.467 e. The van der Waals surface area contributed by atoms with E-state index in [9.17, 15) is 29.0 Å². The van der Waals surface area contributed by atoms with Crippen molar-refractivity contribution in [3.8, 4) is 0 Å². The third-order valence-electron chi connectivity index (χ3n) is 6.85. The molecule has 208 valence electrons. The summed E-state index contributed by atoms with van der Waals surface area (Å²) in [6.07, 6.45) is 2.01. The van der Waals surface area contributed by atoms with E-state index in [1.54, 1.807) is 48.0 Å². The second-order valence-electron chi connectivity index (χ2n) is 9.82. The third-order valence-corrected chi connectivity index (χ3v) is 6.85. The monoisotopic (exact) mass is 548 g/mol. The fourth-order valence-corrected chi connectivity index (χ4v) is 4.99. The van der Waals surface area contributed by atoms with Gasteiger partial charge in [-0.15, -0.1) is 0 Å². The smallest absolute Gasteiger partial charge is 0.257 e. The molecule has 5 rings (SSSR count). The lowest BCUT2D eigenvalue weighted by atomic mass is 10.0. The van der Waals surface area contributed by atoms with E-state index in [2.05, 4.69) is 5.32 Å². The number of hydrogen-bond acceptors (Lipinski definition) is 7. The summed E-state index contributed by atoms with van der Waals surface area (Å²) in [5, 5.41) is 23.0. The Kier molecular flexibility index (Phi) is 7.78. The number of benzene rings is 2. The Balaban J connectivity index is 1.50. The van der Waals surface area contributed by atoms with Gasteiger partial charge in [-0.3, -0.25) is 19.3 Å². The Bertz CT molecular complexity index is 1600. The summed E-state index contributed by atoms with van der Waals surface area (Å²) in [4.78, 5) is 43.1. The van der Waals surface area contributed by atoms with Crippen LogP contribution in [0.25, 0.3) is 10.9 Å². The molecule has 0 saturated carbocycles. The molecule has 1 aliphatic heterocycles. The average Bonchev–Trinajstić information content (AvgIpc) is 3.47. The van der Waals surface area contributed by atoms with Gasteiger partial charge in [0.05, 0.1) is 24.1 Å². The summed E-state index contributed by atoms with van der Waals surface area (Å²) >= 11 is 0. The van der Waals surface area contributed by atoms with Gasteiger partial charge in [-0.25, -0.2) is 4.39 Å². The van der Waals surface area contributed by atoms with Crippen LogP contribution < -0.4 is 15.6 Å². The van der Waals surface area contributed by atoms with Crippen molar-refractivity contribution < 1.29 is 28.6 Å². The van der Waals surface area contributed by atoms with Gasteiger partial charge in [-0.1, -0.05) is 12.1 Å². The molecule has 0 fully saturated rings. The number of pyridine rings is 1. The molecule has 1 atom stereocenters. The van der Waals surface area contributed by atoms with Gasteiger partial charge in [0.25, 0.3) is 5.91 Å². The maximum Gasteiger partial charge on any atom is 0.257 e. The van der Waals surface area contributed by atoms with Crippen molar-refractivity contribution in [2.75, 3.05) is 31.6 Å². The highest BCUT2D eigenvalue weighted by atomic mass is 19.1. The van der Waals surface area contributed by atoms with Crippen LogP contribution in [-0.2, 0) is 24.4 Å². The van der Waals surface area contributed by atoms with Crippen molar-refractivity contribution in [1.29, 1.82) is 0 Å². The van der Waals surface area contributed by atoms with Crippen LogP contribution in [0, 0.1) is 5.82 Å². The Morgan fingerprint density at radius 2 is 1.95 bits per heavy atom. The van der Waals surface area contributed by atoms with Crippen LogP contribution in [0.1, 0.15) is 33.3 Å². The van der Waals surface area contributed by atoms with Gasteiger partial charge < -0.3 is 29.4 Å². The summed E-state index contributed by atoms with van der Waals surface area (Å²) in [7, 11) is 1.80. The van der Waals surface area contributed by atoms with Crippen LogP contribution in [0.3, 0.4) is 0 Å². The van der Waals surface area contributed by atoms with Gasteiger partial charge >= 0.3 is 0 Å². The molecule has 3 N–H and O–H groups in total. The number of anilines is 1. The first-order valence-electron chi connectivity index (χ1n) is 12.8. The number of halogens is 1. The minimum atomic E-state index is -0.861. The minimum Gasteiger partial charge on any atom is -0.467 e. The zero-order chi connectivity index (χ0) is 28.4. The SMILES string of the molecule is CN(Cc1cc2c3c(c1)c(=O)c(C(=O)NCc1ccc(F)cc1)cn3CC(=O)N2CCO)C[C@@H](O)c1ccco1. The predicted octanol–water partition coefficient (Wildman–Crippen LogP) is 2.17. The molecule has 0 aliphatic carbocycles. The lowest BCUT2D eigenvalue weighted by Crippen LogP contribution is -2.41. The quantitative estimate of drug-likeness (QED) is 0.277. The molecule has 4 aromatic rings. The lowest BCUT2D eigenvalue weighted by molar-refractivity contribution is -0.119. The third kappa shape index (κ3) is 5.53. The van der Waals surface area contributed by atoms with E-state index in [0.717, 1.165) is 0 Å². The lowest BCUT2D eigenvalue weighted by Gasteiger charge is -2.31. The fraction of sp³-hybridized carbons (Fsp3) is 0.276.